The fraction of sp³-hybridized carbons (Fsp3) is 0.633. The maximum atomic E-state index is 14.9. The third-order valence-corrected chi connectivity index (χ3v) is 10.7. The number of carbonyl (C=O) groups excluding carboxylic acids is 2. The molecule has 3 fully saturated rings. The summed E-state index contributed by atoms with van der Waals surface area (Å²) in [5.74, 6) is -3.23. The SMILES string of the molecule is C=CCN(C(=O)C1N([C@H](CO)c2ccccc2)C(=O)[C@@H]2[C@@H](C(=O)O)[C@H]3CC(C)C12S3)C(C)(C)CC(C)(C)C. The van der Waals surface area contributed by atoms with Crippen molar-refractivity contribution in [2.75, 3.05) is 13.2 Å². The summed E-state index contributed by atoms with van der Waals surface area (Å²) in [4.78, 5) is 45.0. The average molecular weight is 543 g/mol. The van der Waals surface area contributed by atoms with E-state index < -0.39 is 40.2 Å². The summed E-state index contributed by atoms with van der Waals surface area (Å²) in [6.07, 6.45) is 3.08. The molecule has 0 aromatic heterocycles. The molecule has 1 aromatic rings. The molecule has 38 heavy (non-hydrogen) atoms. The van der Waals surface area contributed by atoms with Crippen LogP contribution in [-0.2, 0) is 14.4 Å². The highest BCUT2D eigenvalue weighted by Crippen LogP contribution is 2.69. The number of benzene rings is 1. The molecule has 3 saturated heterocycles. The number of fused-ring (bicyclic) bond motifs is 1. The van der Waals surface area contributed by atoms with Crippen LogP contribution in [-0.4, -0.2) is 72.5 Å². The smallest absolute Gasteiger partial charge is 0.308 e. The van der Waals surface area contributed by atoms with E-state index >= 15 is 0 Å². The molecule has 0 aliphatic carbocycles. The summed E-state index contributed by atoms with van der Waals surface area (Å²) in [5.41, 5.74) is 0.112. The van der Waals surface area contributed by atoms with Gasteiger partial charge in [0.1, 0.15) is 6.04 Å². The average Bonchev–Trinajstić information content (AvgIpc) is 3.41. The van der Waals surface area contributed by atoms with E-state index in [1.807, 2.05) is 56.0 Å². The summed E-state index contributed by atoms with van der Waals surface area (Å²) in [6, 6.07) is 7.58. The maximum absolute atomic E-state index is 14.9. The van der Waals surface area contributed by atoms with Gasteiger partial charge in [-0.3, -0.25) is 14.4 Å². The van der Waals surface area contributed by atoms with Crippen molar-refractivity contribution in [2.45, 2.75) is 82.0 Å². The van der Waals surface area contributed by atoms with Crippen molar-refractivity contribution in [3.63, 3.8) is 0 Å². The van der Waals surface area contributed by atoms with Gasteiger partial charge in [0, 0.05) is 17.3 Å². The second kappa shape index (κ2) is 10.0. The number of hydrogen-bond acceptors (Lipinski definition) is 5. The molecule has 208 valence electrons. The first-order chi connectivity index (χ1) is 17.7. The molecule has 3 aliphatic rings. The normalized spacial score (nSPS) is 31.3. The van der Waals surface area contributed by atoms with E-state index in [9.17, 15) is 24.6 Å². The minimum absolute atomic E-state index is 0.0348. The molecule has 7 atom stereocenters. The standard InChI is InChI=1S/C30H42N2O5S/c1-8-14-31(29(6,7)17-28(3,4)5)26(35)24-30-18(2)15-21(38-30)22(27(36)37)23(30)25(34)32(24)20(16-33)19-12-10-9-11-13-19/h8-13,18,20-24,33H,1,14-17H2,2-7H3,(H,36,37)/t18?,20-,21-,22+,23+,24?,30?/m1/s1. The van der Waals surface area contributed by atoms with Crippen LogP contribution < -0.4 is 0 Å². The number of thioether (sulfide) groups is 1. The predicted octanol–water partition coefficient (Wildman–Crippen LogP) is 4.37. The lowest BCUT2D eigenvalue weighted by molar-refractivity contribution is -0.151. The minimum Gasteiger partial charge on any atom is -0.481 e. The largest absolute Gasteiger partial charge is 0.481 e. The predicted molar refractivity (Wildman–Crippen MR) is 149 cm³/mol. The number of aliphatic carboxylic acids is 1. The van der Waals surface area contributed by atoms with Gasteiger partial charge in [0.15, 0.2) is 0 Å². The third-order valence-electron chi connectivity index (χ3n) is 8.67. The number of likely N-dealkylation sites (tertiary alicyclic amines) is 1. The van der Waals surface area contributed by atoms with Crippen LogP contribution in [0.4, 0.5) is 0 Å². The number of hydrogen-bond donors (Lipinski definition) is 2. The Kier molecular flexibility index (Phi) is 7.56. The summed E-state index contributed by atoms with van der Waals surface area (Å²) in [6.45, 7) is 16.4. The highest BCUT2D eigenvalue weighted by Gasteiger charge is 2.77. The molecule has 1 aromatic carbocycles. The summed E-state index contributed by atoms with van der Waals surface area (Å²) in [5, 5.41) is 20.6. The molecule has 8 heteroatoms. The van der Waals surface area contributed by atoms with E-state index in [4.69, 9.17) is 0 Å². The second-order valence-corrected chi connectivity index (χ2v) is 14.6. The number of amides is 2. The van der Waals surface area contributed by atoms with Crippen molar-refractivity contribution in [1.82, 2.24) is 9.80 Å². The Bertz CT molecular complexity index is 1100. The van der Waals surface area contributed by atoms with Crippen LogP contribution in [0.2, 0.25) is 0 Å². The first-order valence-electron chi connectivity index (χ1n) is 13.5. The van der Waals surface area contributed by atoms with E-state index in [2.05, 4.69) is 27.4 Å². The van der Waals surface area contributed by atoms with Crippen molar-refractivity contribution in [3.8, 4) is 0 Å². The Labute approximate surface area is 230 Å². The van der Waals surface area contributed by atoms with Crippen molar-refractivity contribution in [3.05, 3.63) is 48.6 Å². The van der Waals surface area contributed by atoms with Crippen molar-refractivity contribution >= 4 is 29.5 Å². The fourth-order valence-corrected chi connectivity index (χ4v) is 10.1. The van der Waals surface area contributed by atoms with Crippen LogP contribution >= 0.6 is 11.8 Å². The molecule has 3 aliphatic heterocycles. The van der Waals surface area contributed by atoms with Gasteiger partial charge in [-0.15, -0.1) is 18.3 Å². The van der Waals surface area contributed by atoms with Crippen molar-refractivity contribution < 1.29 is 24.6 Å². The van der Waals surface area contributed by atoms with Crippen molar-refractivity contribution in [2.24, 2.45) is 23.2 Å². The Hall–Kier alpha value is -2.32. The van der Waals surface area contributed by atoms with Gasteiger partial charge in [0.05, 0.1) is 29.2 Å². The van der Waals surface area contributed by atoms with Crippen molar-refractivity contribution in [1.29, 1.82) is 0 Å². The van der Waals surface area contributed by atoms with Gasteiger partial charge in [0.2, 0.25) is 11.8 Å². The van der Waals surface area contributed by atoms with Crippen LogP contribution in [0.3, 0.4) is 0 Å². The minimum atomic E-state index is -0.987. The van der Waals surface area contributed by atoms with Crippen LogP contribution in [0.5, 0.6) is 0 Å². The quantitative estimate of drug-likeness (QED) is 0.450. The summed E-state index contributed by atoms with van der Waals surface area (Å²) in [7, 11) is 0. The zero-order chi connectivity index (χ0) is 28.2. The topological polar surface area (TPSA) is 98.2 Å². The molecule has 7 nitrogen and oxygen atoms in total. The molecular formula is C30H42N2O5S. The number of aliphatic hydroxyl groups is 1. The first kappa shape index (κ1) is 28.7. The van der Waals surface area contributed by atoms with Gasteiger partial charge in [-0.2, -0.15) is 0 Å². The van der Waals surface area contributed by atoms with Crippen LogP contribution in [0.15, 0.2) is 43.0 Å². The van der Waals surface area contributed by atoms with Gasteiger partial charge in [-0.05, 0) is 43.6 Å². The number of rotatable bonds is 9. The van der Waals surface area contributed by atoms with Gasteiger partial charge in [-0.1, -0.05) is 64.1 Å². The lowest BCUT2D eigenvalue weighted by atomic mass is 9.66. The molecule has 3 heterocycles. The molecule has 0 radical (unpaired) electrons. The monoisotopic (exact) mass is 542 g/mol. The van der Waals surface area contributed by atoms with Gasteiger partial charge in [-0.25, -0.2) is 0 Å². The number of carboxylic acid groups (broad SMARTS) is 1. The number of carboxylic acids is 1. The van der Waals surface area contributed by atoms with Gasteiger partial charge in [0.25, 0.3) is 0 Å². The summed E-state index contributed by atoms with van der Waals surface area (Å²) >= 11 is 1.52. The van der Waals surface area contributed by atoms with Crippen LogP contribution in [0, 0.1) is 23.2 Å². The van der Waals surface area contributed by atoms with Gasteiger partial charge < -0.3 is 20.0 Å². The van der Waals surface area contributed by atoms with E-state index in [0.29, 0.717) is 13.0 Å². The Balaban J connectivity index is 1.90. The molecule has 2 amide bonds. The van der Waals surface area contributed by atoms with Crippen LogP contribution in [0.1, 0.15) is 66.0 Å². The number of aliphatic hydroxyl groups excluding tert-OH is 1. The third kappa shape index (κ3) is 4.47. The van der Waals surface area contributed by atoms with E-state index in [1.54, 1.807) is 11.0 Å². The Morgan fingerprint density at radius 1 is 1.24 bits per heavy atom. The highest BCUT2D eigenvalue weighted by molar-refractivity contribution is 8.02. The Morgan fingerprint density at radius 3 is 2.39 bits per heavy atom. The maximum Gasteiger partial charge on any atom is 0.308 e. The highest BCUT2D eigenvalue weighted by atomic mass is 32.2. The molecule has 2 N–H and O–H groups in total. The molecule has 4 rings (SSSR count). The second-order valence-electron chi connectivity index (χ2n) is 13.0. The lowest BCUT2D eigenvalue weighted by Crippen LogP contribution is -2.61. The Morgan fingerprint density at radius 2 is 1.87 bits per heavy atom. The number of carbonyl (C=O) groups is 3. The van der Waals surface area contributed by atoms with E-state index in [1.165, 1.54) is 11.8 Å². The van der Waals surface area contributed by atoms with E-state index in [-0.39, 0.29) is 35.0 Å². The molecule has 1 spiro atoms. The zero-order valence-electron chi connectivity index (χ0n) is 23.4. The molecular weight excluding hydrogens is 500 g/mol. The number of nitrogens with zero attached hydrogens (tertiary/aromatic N) is 2. The summed E-state index contributed by atoms with van der Waals surface area (Å²) < 4.78 is -0.874. The zero-order valence-corrected chi connectivity index (χ0v) is 24.2. The molecule has 0 saturated carbocycles. The fourth-order valence-electron chi connectivity index (χ4n) is 7.69. The molecule has 2 bridgehead atoms. The van der Waals surface area contributed by atoms with Gasteiger partial charge >= 0.3 is 5.97 Å². The molecule has 3 unspecified atom stereocenters. The van der Waals surface area contributed by atoms with E-state index in [0.717, 1.165) is 12.0 Å². The van der Waals surface area contributed by atoms with Crippen LogP contribution in [0.25, 0.3) is 0 Å². The lowest BCUT2D eigenvalue weighted by Gasteiger charge is -2.47. The first-order valence-corrected chi connectivity index (χ1v) is 14.4.